The van der Waals surface area contributed by atoms with E-state index in [9.17, 15) is 22.7 Å². The quantitative estimate of drug-likeness (QED) is 0.528. The minimum Gasteiger partial charge on any atom is -0.484 e. The highest BCUT2D eigenvalue weighted by Crippen LogP contribution is 2.38. The van der Waals surface area contributed by atoms with Crippen LogP contribution in [0.2, 0.25) is 0 Å². The first-order valence-electron chi connectivity index (χ1n) is 10.4. The number of aromatic nitrogens is 2. The Morgan fingerprint density at radius 3 is 2.75 bits per heavy atom. The molecule has 0 spiro atoms. The average molecular weight is 482 g/mol. The SMILES string of the molecule is CCOc1ccc(S(=O)(=O)N2C[C@@H](CC)[C@@H](n3nc(CC(=O)O)c4ccc(F)cc43)C2)s1. The summed E-state index contributed by atoms with van der Waals surface area (Å²) in [6.45, 7) is 4.72. The molecule has 3 aromatic rings. The number of sulfonamides is 1. The minimum absolute atomic E-state index is 0.0554. The maximum absolute atomic E-state index is 14.0. The van der Waals surface area contributed by atoms with Gasteiger partial charge in [-0.2, -0.15) is 9.40 Å². The molecule has 0 aliphatic carbocycles. The summed E-state index contributed by atoms with van der Waals surface area (Å²) in [6.07, 6.45) is 0.395. The van der Waals surface area contributed by atoms with Crippen LogP contribution in [0.15, 0.2) is 34.5 Å². The van der Waals surface area contributed by atoms with Crippen molar-refractivity contribution in [2.45, 2.75) is 36.9 Å². The van der Waals surface area contributed by atoms with Gasteiger partial charge in [0, 0.05) is 18.5 Å². The first-order chi connectivity index (χ1) is 15.2. The molecule has 172 valence electrons. The van der Waals surface area contributed by atoms with E-state index < -0.39 is 21.8 Å². The predicted octanol–water partition coefficient (Wildman–Crippen LogP) is 3.53. The zero-order valence-corrected chi connectivity index (χ0v) is 19.3. The molecule has 0 amide bonds. The Bertz CT molecular complexity index is 1250. The molecule has 1 aliphatic heterocycles. The van der Waals surface area contributed by atoms with Crippen LogP contribution in [0.25, 0.3) is 10.9 Å². The van der Waals surface area contributed by atoms with Crippen molar-refractivity contribution in [1.82, 2.24) is 14.1 Å². The largest absolute Gasteiger partial charge is 0.484 e. The van der Waals surface area contributed by atoms with Gasteiger partial charge in [-0.1, -0.05) is 18.3 Å². The zero-order chi connectivity index (χ0) is 23.0. The lowest BCUT2D eigenvalue weighted by Crippen LogP contribution is -2.29. The van der Waals surface area contributed by atoms with Crippen LogP contribution in [0.4, 0.5) is 4.39 Å². The van der Waals surface area contributed by atoms with Gasteiger partial charge in [-0.3, -0.25) is 9.48 Å². The zero-order valence-electron chi connectivity index (χ0n) is 17.7. The van der Waals surface area contributed by atoms with Crippen molar-refractivity contribution in [3.05, 3.63) is 41.8 Å². The van der Waals surface area contributed by atoms with Crippen molar-refractivity contribution in [2.24, 2.45) is 5.92 Å². The van der Waals surface area contributed by atoms with E-state index in [1.54, 1.807) is 16.8 Å². The Labute approximate surface area is 189 Å². The molecule has 2 aromatic heterocycles. The van der Waals surface area contributed by atoms with Crippen molar-refractivity contribution in [3.63, 3.8) is 0 Å². The number of hydrogen-bond acceptors (Lipinski definition) is 6. The Balaban J connectivity index is 1.71. The number of hydrogen-bond donors (Lipinski definition) is 1. The van der Waals surface area contributed by atoms with Crippen molar-refractivity contribution in [2.75, 3.05) is 19.7 Å². The summed E-state index contributed by atoms with van der Waals surface area (Å²) >= 11 is 1.08. The van der Waals surface area contributed by atoms with Crippen LogP contribution >= 0.6 is 11.3 Å². The van der Waals surface area contributed by atoms with Gasteiger partial charge in [0.05, 0.1) is 30.3 Å². The Kier molecular flexibility index (Phi) is 6.24. The topological polar surface area (TPSA) is 102 Å². The second kappa shape index (κ2) is 8.80. The van der Waals surface area contributed by atoms with Crippen LogP contribution in [0.1, 0.15) is 32.0 Å². The van der Waals surface area contributed by atoms with Crippen LogP contribution in [0.5, 0.6) is 5.06 Å². The third-order valence-electron chi connectivity index (χ3n) is 5.71. The summed E-state index contributed by atoms with van der Waals surface area (Å²) in [5.74, 6) is -1.55. The van der Waals surface area contributed by atoms with Crippen molar-refractivity contribution in [3.8, 4) is 5.06 Å². The molecule has 1 aliphatic rings. The molecule has 2 atom stereocenters. The van der Waals surface area contributed by atoms with Gasteiger partial charge in [-0.05, 0) is 49.6 Å². The summed E-state index contributed by atoms with van der Waals surface area (Å²) in [7, 11) is -3.73. The first-order valence-corrected chi connectivity index (χ1v) is 12.6. The van der Waals surface area contributed by atoms with E-state index in [4.69, 9.17) is 4.74 Å². The van der Waals surface area contributed by atoms with Crippen LogP contribution in [-0.4, -0.2) is 53.3 Å². The number of thiophene rings is 1. The molecule has 0 saturated carbocycles. The summed E-state index contributed by atoms with van der Waals surface area (Å²) in [4.78, 5) is 11.3. The van der Waals surface area contributed by atoms with Crippen molar-refractivity contribution < 1.29 is 27.4 Å². The molecule has 8 nitrogen and oxygen atoms in total. The Morgan fingerprint density at radius 1 is 1.28 bits per heavy atom. The Hall–Kier alpha value is -2.50. The van der Waals surface area contributed by atoms with E-state index in [1.807, 2.05) is 13.8 Å². The van der Waals surface area contributed by atoms with Gasteiger partial charge in [0.2, 0.25) is 0 Å². The number of carboxylic acid groups (broad SMARTS) is 1. The molecular formula is C21H24FN3O5S2. The molecule has 0 bridgehead atoms. The summed E-state index contributed by atoms with van der Waals surface area (Å²) in [5.41, 5.74) is 0.807. The number of aliphatic carboxylic acids is 1. The summed E-state index contributed by atoms with van der Waals surface area (Å²) in [5, 5.41) is 14.8. The van der Waals surface area contributed by atoms with E-state index in [1.165, 1.54) is 22.5 Å². The van der Waals surface area contributed by atoms with Gasteiger partial charge in [-0.15, -0.1) is 0 Å². The molecule has 1 N–H and O–H groups in total. The normalized spacial score (nSPS) is 19.6. The van der Waals surface area contributed by atoms with Crippen LogP contribution < -0.4 is 4.74 Å². The molecule has 11 heteroatoms. The number of nitrogens with zero attached hydrogens (tertiary/aromatic N) is 3. The molecule has 4 rings (SSSR count). The molecule has 0 radical (unpaired) electrons. The standard InChI is InChI=1S/C21H24FN3O5S2/c1-3-13-11-24(32(28,29)21-8-7-20(31-21)30-4-2)12-18(13)25-17-9-14(22)5-6-15(17)16(23-25)10-19(26)27/h5-9,13,18H,3-4,10-12H2,1-2H3,(H,26,27)/t13-,18+/m1/s1. The smallest absolute Gasteiger partial charge is 0.309 e. The van der Waals surface area contributed by atoms with Gasteiger partial charge in [0.25, 0.3) is 10.0 Å². The van der Waals surface area contributed by atoms with Crippen molar-refractivity contribution >= 4 is 38.2 Å². The highest BCUT2D eigenvalue weighted by atomic mass is 32.2. The van der Waals surface area contributed by atoms with Gasteiger partial charge in [0.1, 0.15) is 10.0 Å². The predicted molar refractivity (Wildman–Crippen MR) is 118 cm³/mol. The van der Waals surface area contributed by atoms with Gasteiger partial charge in [0.15, 0.2) is 5.06 Å². The van der Waals surface area contributed by atoms with Crippen molar-refractivity contribution in [1.29, 1.82) is 0 Å². The number of ether oxygens (including phenoxy) is 1. The first kappa shape index (κ1) is 22.7. The highest BCUT2D eigenvalue weighted by molar-refractivity contribution is 7.91. The fraction of sp³-hybridized carbons (Fsp3) is 0.429. The van der Waals surface area contributed by atoms with Gasteiger partial charge in [-0.25, -0.2) is 12.8 Å². The number of carbonyl (C=O) groups is 1. The summed E-state index contributed by atoms with van der Waals surface area (Å²) in [6, 6.07) is 6.97. The Morgan fingerprint density at radius 2 is 2.06 bits per heavy atom. The molecule has 1 saturated heterocycles. The third kappa shape index (κ3) is 4.12. The van der Waals surface area contributed by atoms with Crippen LogP contribution in [0, 0.1) is 11.7 Å². The second-order valence-corrected chi connectivity index (χ2v) is 10.9. The van der Waals surface area contributed by atoms with Crippen LogP contribution in [0.3, 0.4) is 0 Å². The molecule has 0 unspecified atom stereocenters. The van der Waals surface area contributed by atoms with E-state index in [2.05, 4.69) is 5.10 Å². The molecule has 32 heavy (non-hydrogen) atoms. The van der Waals surface area contributed by atoms with E-state index >= 15 is 0 Å². The highest BCUT2D eigenvalue weighted by Gasteiger charge is 2.41. The fourth-order valence-corrected chi connectivity index (χ4v) is 7.04. The molecule has 1 aromatic carbocycles. The fourth-order valence-electron chi connectivity index (χ4n) is 4.18. The minimum atomic E-state index is -3.73. The van der Waals surface area contributed by atoms with Gasteiger partial charge < -0.3 is 9.84 Å². The maximum Gasteiger partial charge on any atom is 0.309 e. The van der Waals surface area contributed by atoms with E-state index in [-0.39, 0.29) is 29.1 Å². The maximum atomic E-state index is 14.0. The lowest BCUT2D eigenvalue weighted by Gasteiger charge is -2.18. The summed E-state index contributed by atoms with van der Waals surface area (Å²) < 4.78 is 49.2. The molecule has 3 heterocycles. The number of rotatable bonds is 8. The number of benzene rings is 1. The molecular weight excluding hydrogens is 457 g/mol. The van der Waals surface area contributed by atoms with Crippen LogP contribution in [-0.2, 0) is 21.2 Å². The number of halogens is 1. The number of carboxylic acids is 1. The lowest BCUT2D eigenvalue weighted by atomic mass is 10.0. The van der Waals surface area contributed by atoms with Gasteiger partial charge >= 0.3 is 5.97 Å². The third-order valence-corrected chi connectivity index (χ3v) is 9.01. The number of fused-ring (bicyclic) bond motifs is 1. The monoisotopic (exact) mass is 481 g/mol. The average Bonchev–Trinajstić information content (AvgIpc) is 3.45. The van der Waals surface area contributed by atoms with E-state index in [0.717, 1.165) is 11.3 Å². The van der Waals surface area contributed by atoms with E-state index in [0.29, 0.717) is 41.2 Å². The molecule has 1 fully saturated rings. The second-order valence-electron chi connectivity index (χ2n) is 7.69. The lowest BCUT2D eigenvalue weighted by molar-refractivity contribution is -0.136.